The molecular weight excluding hydrogens is 269 g/mol. The molecule has 0 heterocycles. The van der Waals surface area contributed by atoms with Gasteiger partial charge < -0.3 is 10.4 Å². The third kappa shape index (κ3) is 5.57. The lowest BCUT2D eigenvalue weighted by Gasteiger charge is -2.13. The summed E-state index contributed by atoms with van der Waals surface area (Å²) in [4.78, 5) is 0. The molecular formula is C14H21Cl2NO. The third-order valence-corrected chi connectivity index (χ3v) is 3.38. The molecule has 2 nitrogen and oxygen atoms in total. The second kappa shape index (κ2) is 8.00. The Bertz CT molecular complexity index is 369. The standard InChI is InChI=1S/C14H21Cl2NO/c1-10(2)5-7-17-8-6-14(18)12-4-3-11(15)9-13(12)16/h3-4,9-10,14,17-18H,5-8H2,1-2H3. The molecule has 0 aliphatic rings. The molecule has 0 aliphatic carbocycles. The van der Waals surface area contributed by atoms with E-state index in [9.17, 15) is 5.11 Å². The first-order chi connectivity index (χ1) is 8.50. The van der Waals surface area contributed by atoms with E-state index in [0.29, 0.717) is 22.4 Å². The van der Waals surface area contributed by atoms with Crippen LogP contribution in [-0.4, -0.2) is 18.2 Å². The van der Waals surface area contributed by atoms with E-state index in [0.717, 1.165) is 25.1 Å². The van der Waals surface area contributed by atoms with Crippen molar-refractivity contribution >= 4 is 23.2 Å². The Labute approximate surface area is 119 Å². The minimum absolute atomic E-state index is 0.525. The minimum atomic E-state index is -0.540. The maximum atomic E-state index is 10.0. The van der Waals surface area contributed by atoms with Gasteiger partial charge in [0.15, 0.2) is 0 Å². The number of aliphatic hydroxyl groups excluding tert-OH is 1. The van der Waals surface area contributed by atoms with E-state index in [4.69, 9.17) is 23.2 Å². The lowest BCUT2D eigenvalue weighted by molar-refractivity contribution is 0.167. The molecule has 0 radical (unpaired) electrons. The van der Waals surface area contributed by atoms with Gasteiger partial charge in [-0.15, -0.1) is 0 Å². The van der Waals surface area contributed by atoms with E-state index in [1.54, 1.807) is 18.2 Å². The number of nitrogens with one attached hydrogen (secondary N) is 1. The highest BCUT2D eigenvalue weighted by atomic mass is 35.5. The Morgan fingerprint density at radius 1 is 1.17 bits per heavy atom. The summed E-state index contributed by atoms with van der Waals surface area (Å²) in [5, 5.41) is 14.5. The number of hydrogen-bond acceptors (Lipinski definition) is 2. The van der Waals surface area contributed by atoms with Gasteiger partial charge in [-0.05, 0) is 49.5 Å². The monoisotopic (exact) mass is 289 g/mol. The molecule has 1 aromatic carbocycles. The highest BCUT2D eigenvalue weighted by molar-refractivity contribution is 6.35. The summed E-state index contributed by atoms with van der Waals surface area (Å²) in [6, 6.07) is 5.19. The van der Waals surface area contributed by atoms with Crippen molar-refractivity contribution in [1.82, 2.24) is 5.32 Å². The van der Waals surface area contributed by atoms with Crippen LogP contribution in [0, 0.1) is 5.92 Å². The van der Waals surface area contributed by atoms with Gasteiger partial charge in [-0.2, -0.15) is 0 Å². The zero-order chi connectivity index (χ0) is 13.5. The van der Waals surface area contributed by atoms with E-state index in [1.807, 2.05) is 0 Å². The average molecular weight is 290 g/mol. The Morgan fingerprint density at radius 3 is 2.44 bits per heavy atom. The van der Waals surface area contributed by atoms with Crippen LogP contribution in [0.25, 0.3) is 0 Å². The van der Waals surface area contributed by atoms with E-state index >= 15 is 0 Å². The first-order valence-electron chi connectivity index (χ1n) is 6.34. The molecule has 1 aromatic rings. The second-order valence-corrected chi connectivity index (χ2v) is 5.75. The van der Waals surface area contributed by atoms with Gasteiger partial charge in [0.25, 0.3) is 0 Å². The summed E-state index contributed by atoms with van der Waals surface area (Å²) in [5.41, 5.74) is 0.742. The molecule has 1 atom stereocenters. The second-order valence-electron chi connectivity index (χ2n) is 4.90. The highest BCUT2D eigenvalue weighted by Gasteiger charge is 2.11. The van der Waals surface area contributed by atoms with Gasteiger partial charge in [0.1, 0.15) is 0 Å². The smallest absolute Gasteiger partial charge is 0.0816 e. The molecule has 102 valence electrons. The molecule has 0 spiro atoms. The van der Waals surface area contributed by atoms with E-state index < -0.39 is 6.10 Å². The Kier molecular flexibility index (Phi) is 7.02. The van der Waals surface area contributed by atoms with Gasteiger partial charge in [0.05, 0.1) is 6.10 Å². The average Bonchev–Trinajstić information content (AvgIpc) is 2.27. The van der Waals surface area contributed by atoms with Gasteiger partial charge >= 0.3 is 0 Å². The summed E-state index contributed by atoms with van der Waals surface area (Å²) >= 11 is 11.9. The van der Waals surface area contributed by atoms with E-state index in [1.165, 1.54) is 0 Å². The topological polar surface area (TPSA) is 32.3 Å². The van der Waals surface area contributed by atoms with Gasteiger partial charge in [0.2, 0.25) is 0 Å². The maximum absolute atomic E-state index is 10.0. The fourth-order valence-electron chi connectivity index (χ4n) is 1.68. The largest absolute Gasteiger partial charge is 0.388 e. The number of aliphatic hydroxyl groups is 1. The molecule has 1 unspecified atom stereocenters. The van der Waals surface area contributed by atoms with Crippen molar-refractivity contribution in [2.75, 3.05) is 13.1 Å². The molecule has 4 heteroatoms. The quantitative estimate of drug-likeness (QED) is 0.742. The molecule has 0 saturated carbocycles. The maximum Gasteiger partial charge on any atom is 0.0816 e. The molecule has 2 N–H and O–H groups in total. The van der Waals surface area contributed by atoms with Crippen molar-refractivity contribution < 1.29 is 5.11 Å². The summed E-state index contributed by atoms with van der Waals surface area (Å²) in [6.07, 6.45) is 1.26. The molecule has 0 bridgehead atoms. The van der Waals surface area contributed by atoms with Gasteiger partial charge in [-0.3, -0.25) is 0 Å². The minimum Gasteiger partial charge on any atom is -0.388 e. The normalized spacial score (nSPS) is 13.0. The van der Waals surface area contributed by atoms with Crippen LogP contribution >= 0.6 is 23.2 Å². The fraction of sp³-hybridized carbons (Fsp3) is 0.571. The molecule has 18 heavy (non-hydrogen) atoms. The van der Waals surface area contributed by atoms with Crippen LogP contribution in [0.5, 0.6) is 0 Å². The molecule has 0 saturated heterocycles. The number of hydrogen-bond donors (Lipinski definition) is 2. The van der Waals surface area contributed by atoms with Gasteiger partial charge in [-0.25, -0.2) is 0 Å². The van der Waals surface area contributed by atoms with Crippen molar-refractivity contribution in [2.45, 2.75) is 32.8 Å². The van der Waals surface area contributed by atoms with Crippen LogP contribution in [0.3, 0.4) is 0 Å². The Morgan fingerprint density at radius 2 is 1.83 bits per heavy atom. The van der Waals surface area contributed by atoms with Crippen LogP contribution in [0.15, 0.2) is 18.2 Å². The predicted octanol–water partition coefficient (Wildman–Crippen LogP) is 4.05. The van der Waals surface area contributed by atoms with Crippen molar-refractivity contribution in [1.29, 1.82) is 0 Å². The number of halogens is 2. The van der Waals surface area contributed by atoms with Crippen LogP contribution < -0.4 is 5.32 Å². The van der Waals surface area contributed by atoms with Crippen molar-refractivity contribution in [2.24, 2.45) is 5.92 Å². The van der Waals surface area contributed by atoms with Gasteiger partial charge in [-0.1, -0.05) is 43.1 Å². The molecule has 0 fully saturated rings. The summed E-state index contributed by atoms with van der Waals surface area (Å²) in [5.74, 6) is 0.702. The summed E-state index contributed by atoms with van der Waals surface area (Å²) in [6.45, 7) is 6.17. The van der Waals surface area contributed by atoms with Crippen molar-refractivity contribution in [3.63, 3.8) is 0 Å². The highest BCUT2D eigenvalue weighted by Crippen LogP contribution is 2.27. The van der Waals surface area contributed by atoms with Crippen LogP contribution in [0.4, 0.5) is 0 Å². The first-order valence-corrected chi connectivity index (χ1v) is 7.10. The Balaban J connectivity index is 2.34. The Hall–Kier alpha value is -0.280. The predicted molar refractivity (Wildman–Crippen MR) is 78.4 cm³/mol. The third-order valence-electron chi connectivity index (χ3n) is 2.81. The zero-order valence-corrected chi connectivity index (χ0v) is 12.4. The van der Waals surface area contributed by atoms with E-state index in [2.05, 4.69) is 19.2 Å². The molecule has 0 aromatic heterocycles. The lowest BCUT2D eigenvalue weighted by Crippen LogP contribution is -2.20. The number of benzene rings is 1. The molecule has 0 amide bonds. The van der Waals surface area contributed by atoms with E-state index in [-0.39, 0.29) is 0 Å². The lowest BCUT2D eigenvalue weighted by atomic mass is 10.1. The molecule has 0 aliphatic heterocycles. The van der Waals surface area contributed by atoms with Gasteiger partial charge in [0, 0.05) is 10.0 Å². The fourth-order valence-corrected chi connectivity index (χ4v) is 2.22. The van der Waals surface area contributed by atoms with Crippen LogP contribution in [0.2, 0.25) is 10.0 Å². The van der Waals surface area contributed by atoms with Crippen molar-refractivity contribution in [3.05, 3.63) is 33.8 Å². The summed E-state index contributed by atoms with van der Waals surface area (Å²) in [7, 11) is 0. The summed E-state index contributed by atoms with van der Waals surface area (Å²) < 4.78 is 0. The van der Waals surface area contributed by atoms with Crippen LogP contribution in [0.1, 0.15) is 38.4 Å². The SMILES string of the molecule is CC(C)CCNCCC(O)c1ccc(Cl)cc1Cl. The zero-order valence-electron chi connectivity index (χ0n) is 10.9. The van der Waals surface area contributed by atoms with Crippen molar-refractivity contribution in [3.8, 4) is 0 Å². The molecule has 1 rings (SSSR count). The van der Waals surface area contributed by atoms with Crippen LogP contribution in [-0.2, 0) is 0 Å². The number of rotatable bonds is 7. The first kappa shape index (κ1) is 15.8.